The van der Waals surface area contributed by atoms with E-state index in [2.05, 4.69) is 76.3 Å². The van der Waals surface area contributed by atoms with E-state index in [-0.39, 0.29) is 6.29 Å². The Morgan fingerprint density at radius 1 is 0.261 bits per heavy atom. The fourth-order valence-corrected chi connectivity index (χ4v) is 10.0. The minimum atomic E-state index is -1.79. The zero-order valence-corrected chi connectivity index (χ0v) is 59.9. The lowest BCUT2D eigenvalue weighted by molar-refractivity contribution is -0.138. The predicted octanol–water partition coefficient (Wildman–Crippen LogP) is 21.1. The summed E-state index contributed by atoms with van der Waals surface area (Å²) in [6.45, 7) is 8.28. The highest BCUT2D eigenvalue weighted by atomic mass is 16.4. The molecule has 14 heteroatoms. The van der Waals surface area contributed by atoms with Crippen LogP contribution in [0.1, 0.15) is 387 Å². The maximum absolute atomic E-state index is 10.3. The molecule has 0 aliphatic rings. The predicted molar refractivity (Wildman–Crippen MR) is 386 cm³/mol. The lowest BCUT2D eigenvalue weighted by Crippen LogP contribution is -2.46. The zero-order valence-electron chi connectivity index (χ0n) is 59.9. The van der Waals surface area contributed by atoms with Gasteiger partial charge in [0, 0.05) is 25.7 Å². The summed E-state index contributed by atoms with van der Waals surface area (Å²) in [5.41, 5.74) is 0. The molecule has 92 heavy (non-hydrogen) atoms. The number of aliphatic hydroxyl groups is 5. The molecule has 0 aromatic carbocycles. The van der Waals surface area contributed by atoms with E-state index >= 15 is 0 Å². The Hall–Kier alpha value is -3.69. The summed E-state index contributed by atoms with van der Waals surface area (Å²) in [5.74, 6) is -2.66. The highest BCUT2D eigenvalue weighted by Crippen LogP contribution is 2.15. The number of aliphatic hydroxyl groups excluding tert-OH is 5. The molecule has 0 heterocycles. The highest BCUT2D eigenvalue weighted by molar-refractivity contribution is 5.67. The van der Waals surface area contributed by atoms with Crippen LogP contribution in [-0.4, -0.2) is 107 Å². The van der Waals surface area contributed by atoms with Crippen LogP contribution in [0.4, 0.5) is 0 Å². The first-order valence-electron chi connectivity index (χ1n) is 37.9. The molecule has 0 saturated carbocycles. The van der Waals surface area contributed by atoms with Gasteiger partial charge in [-0.1, -0.05) is 282 Å². The van der Waals surface area contributed by atoms with Crippen LogP contribution in [-0.2, 0) is 24.0 Å². The minimum Gasteiger partial charge on any atom is -0.481 e. The van der Waals surface area contributed by atoms with Crippen LogP contribution < -0.4 is 0 Å². The highest BCUT2D eigenvalue weighted by Gasteiger charge is 2.29. The van der Waals surface area contributed by atoms with E-state index in [1.54, 1.807) is 0 Å². The topological polar surface area (TPSA) is 267 Å². The van der Waals surface area contributed by atoms with Crippen molar-refractivity contribution in [3.8, 4) is 0 Å². The molecule has 0 aromatic heterocycles. The van der Waals surface area contributed by atoms with Crippen LogP contribution in [0.3, 0.4) is 0 Å². The summed E-state index contributed by atoms with van der Waals surface area (Å²) < 4.78 is 0. The van der Waals surface area contributed by atoms with E-state index in [0.717, 1.165) is 51.4 Å². The molecular weight excluding hydrogens is 1160 g/mol. The molecule has 4 atom stereocenters. The zero-order chi connectivity index (χ0) is 69.3. The van der Waals surface area contributed by atoms with Crippen molar-refractivity contribution in [2.45, 2.75) is 412 Å². The van der Waals surface area contributed by atoms with Gasteiger partial charge < -0.3 is 50.8 Å². The largest absolute Gasteiger partial charge is 0.481 e. The Morgan fingerprint density at radius 2 is 0.424 bits per heavy atom. The van der Waals surface area contributed by atoms with Crippen LogP contribution in [0.2, 0.25) is 0 Å². The second-order valence-electron chi connectivity index (χ2n) is 25.3. The number of hydrogen-bond acceptors (Lipinski definition) is 10. The molecule has 0 saturated heterocycles. The first-order valence-corrected chi connectivity index (χ1v) is 37.9. The van der Waals surface area contributed by atoms with Gasteiger partial charge >= 0.3 is 23.9 Å². The average molecular weight is 1310 g/mol. The Morgan fingerprint density at radius 3 is 0.576 bits per heavy atom. The maximum Gasteiger partial charge on any atom is 0.303 e. The van der Waals surface area contributed by atoms with Crippen LogP contribution in [0, 0.1) is 0 Å². The molecular formula is C78H148O14. The summed E-state index contributed by atoms with van der Waals surface area (Å²) >= 11 is 0. The van der Waals surface area contributed by atoms with Gasteiger partial charge in [-0.2, -0.15) is 0 Å². The van der Waals surface area contributed by atoms with Crippen LogP contribution in [0.15, 0.2) is 48.6 Å². The number of carbonyl (C=O) groups excluding carboxylic acids is 1. The number of unbranched alkanes of at least 4 members (excludes halogenated alkanes) is 44. The first-order chi connectivity index (χ1) is 44.6. The van der Waals surface area contributed by atoms with Gasteiger partial charge in [0.05, 0.1) is 6.61 Å². The molecule has 0 aliphatic heterocycles. The van der Waals surface area contributed by atoms with Crippen molar-refractivity contribution in [3.05, 3.63) is 48.6 Å². The number of rotatable bonds is 65. The molecule has 0 spiro atoms. The fraction of sp³-hybridized carbons (Fsp3) is 0.833. The summed E-state index contributed by atoms with van der Waals surface area (Å²) in [7, 11) is 0. The lowest BCUT2D eigenvalue weighted by Gasteiger charge is -2.22. The van der Waals surface area contributed by atoms with Gasteiger partial charge in [0.2, 0.25) is 0 Å². The van der Waals surface area contributed by atoms with Crippen molar-refractivity contribution >= 4 is 30.2 Å². The molecule has 0 radical (unpaired) electrons. The van der Waals surface area contributed by atoms with Gasteiger partial charge in [0.25, 0.3) is 0 Å². The van der Waals surface area contributed by atoms with Gasteiger partial charge in [0.1, 0.15) is 24.4 Å². The van der Waals surface area contributed by atoms with Crippen molar-refractivity contribution in [3.63, 3.8) is 0 Å². The average Bonchev–Trinajstić information content (AvgIpc) is 3.04. The summed E-state index contributed by atoms with van der Waals surface area (Å²) in [5, 5.41) is 77.6. The SMILES string of the molecule is CCCCCCCC/C=C\CCCCCCCC(=O)O.CCCCCCCC/C=C\CCCCCCCC(=O)O.CCCCCCCC/C=C\CCCCCCCC(=O)O.CCCCCCCC/C=C\CCCCCCCC(=O)O.O=C[C@H](O)[C@@H](O)[C@H](O)[C@H](O)CO. The maximum atomic E-state index is 10.3. The Balaban J connectivity index is -0.000000346. The summed E-state index contributed by atoms with van der Waals surface area (Å²) in [4.78, 5) is 51.2. The monoisotopic (exact) mass is 1310 g/mol. The van der Waals surface area contributed by atoms with Gasteiger partial charge in [-0.3, -0.25) is 19.2 Å². The third-order valence-electron chi connectivity index (χ3n) is 16.0. The van der Waals surface area contributed by atoms with E-state index < -0.39 is 54.9 Å². The molecule has 544 valence electrons. The third-order valence-corrected chi connectivity index (χ3v) is 16.0. The first kappa shape index (κ1) is 97.0. The number of carbonyl (C=O) groups is 5. The van der Waals surface area contributed by atoms with Gasteiger partial charge in [-0.15, -0.1) is 0 Å². The van der Waals surface area contributed by atoms with Gasteiger partial charge in [-0.05, 0) is 128 Å². The second-order valence-corrected chi connectivity index (χ2v) is 25.3. The van der Waals surface area contributed by atoms with E-state index in [1.807, 2.05) is 0 Å². The summed E-state index contributed by atoms with van der Waals surface area (Å²) in [6, 6.07) is 0. The molecule has 0 fully saturated rings. The standard InChI is InChI=1S/4C18H34O2.C6H12O6/c4*1-2-3-4-5-6-7-8-9-10-11-12-13-14-15-16-17-18(19)20;7-1-3(9)5(11)6(12)4(10)2-8/h4*9-10H,2-8,11-17H2,1H3,(H,19,20);1,3-6,8-12H,2H2/b4*10-9-;/t;;;;3-,4+,5+,6+/m....0/s1. The number of carboxylic acids is 4. The quantitative estimate of drug-likeness (QED) is 0.0156. The second kappa shape index (κ2) is 87.3. The third kappa shape index (κ3) is 97.4. The fourth-order valence-electron chi connectivity index (χ4n) is 10.0. The number of carboxylic acid groups (broad SMARTS) is 4. The van der Waals surface area contributed by atoms with Crippen LogP contribution in [0.25, 0.3) is 0 Å². The van der Waals surface area contributed by atoms with Crippen LogP contribution in [0.5, 0.6) is 0 Å². The molecule has 0 bridgehead atoms. The van der Waals surface area contributed by atoms with Crippen molar-refractivity contribution in [1.29, 1.82) is 0 Å². The van der Waals surface area contributed by atoms with Gasteiger partial charge in [-0.25, -0.2) is 0 Å². The van der Waals surface area contributed by atoms with E-state index in [1.165, 1.54) is 283 Å². The normalized spacial score (nSPS) is 12.5. The number of allylic oxidation sites excluding steroid dienone is 8. The number of hydrogen-bond donors (Lipinski definition) is 9. The molecule has 0 aromatic rings. The molecule has 0 unspecified atom stereocenters. The number of aldehydes is 1. The smallest absolute Gasteiger partial charge is 0.303 e. The van der Waals surface area contributed by atoms with Crippen molar-refractivity contribution in [2.75, 3.05) is 6.61 Å². The van der Waals surface area contributed by atoms with Crippen LogP contribution >= 0.6 is 0 Å². The molecule has 9 N–H and O–H groups in total. The van der Waals surface area contributed by atoms with Crippen molar-refractivity contribution in [2.24, 2.45) is 0 Å². The molecule has 0 rings (SSSR count). The molecule has 14 nitrogen and oxygen atoms in total. The van der Waals surface area contributed by atoms with Gasteiger partial charge in [0.15, 0.2) is 6.29 Å². The Labute approximate surface area is 564 Å². The molecule has 0 amide bonds. The van der Waals surface area contributed by atoms with Crippen molar-refractivity contribution < 1.29 is 69.9 Å². The Bertz CT molecular complexity index is 1410. The minimum absolute atomic E-state index is 0.0258. The Kier molecular flexibility index (Phi) is 92.0. The molecule has 0 aliphatic carbocycles. The summed E-state index contributed by atoms with van der Waals surface area (Å²) in [6.07, 6.45) is 78.1. The van der Waals surface area contributed by atoms with Crippen molar-refractivity contribution in [1.82, 2.24) is 0 Å². The lowest BCUT2D eigenvalue weighted by atomic mass is 10.0. The number of aliphatic carboxylic acids is 4. The van der Waals surface area contributed by atoms with E-state index in [9.17, 15) is 24.0 Å². The van der Waals surface area contributed by atoms with E-state index in [4.69, 9.17) is 46.0 Å². The van der Waals surface area contributed by atoms with E-state index in [0.29, 0.717) is 25.7 Å².